The van der Waals surface area contributed by atoms with Crippen LogP contribution >= 0.6 is 11.6 Å². The molecule has 2 aromatic rings. The van der Waals surface area contributed by atoms with E-state index in [9.17, 15) is 4.39 Å². The van der Waals surface area contributed by atoms with Gasteiger partial charge in [-0.2, -0.15) is 0 Å². The summed E-state index contributed by atoms with van der Waals surface area (Å²) in [6, 6.07) is 4.75. The molecule has 0 saturated carbocycles. The number of benzene rings is 1. The van der Waals surface area contributed by atoms with Gasteiger partial charge in [0, 0.05) is 11.6 Å². The first-order valence-corrected chi connectivity index (χ1v) is 6.73. The van der Waals surface area contributed by atoms with Gasteiger partial charge in [-0.1, -0.05) is 0 Å². The molecule has 1 aromatic heterocycles. The molecule has 2 nitrogen and oxygen atoms in total. The number of rotatable bonds is 2. The van der Waals surface area contributed by atoms with Crippen molar-refractivity contribution < 1.29 is 4.39 Å². The Hall–Kier alpha value is -1.35. The van der Waals surface area contributed by atoms with Crippen molar-refractivity contribution in [1.29, 1.82) is 0 Å². The van der Waals surface area contributed by atoms with E-state index in [1.807, 2.05) is 6.33 Å². The van der Waals surface area contributed by atoms with Gasteiger partial charge in [-0.15, -0.1) is 11.6 Å². The van der Waals surface area contributed by atoms with Gasteiger partial charge in [0.1, 0.15) is 5.82 Å². The minimum absolute atomic E-state index is 0.247. The van der Waals surface area contributed by atoms with Crippen LogP contribution in [0, 0.1) is 5.82 Å². The Labute approximate surface area is 110 Å². The molecular weight excluding hydrogens is 251 g/mol. The highest BCUT2D eigenvalue weighted by Gasteiger charge is 2.17. The van der Waals surface area contributed by atoms with Crippen molar-refractivity contribution in [2.24, 2.45) is 0 Å². The fraction of sp³-hybridized carbons (Fsp3) is 0.357. The highest BCUT2D eigenvalue weighted by molar-refractivity contribution is 6.17. The molecule has 0 fully saturated rings. The first-order valence-electron chi connectivity index (χ1n) is 6.19. The molecule has 94 valence electrons. The molecule has 0 saturated heterocycles. The predicted molar refractivity (Wildman–Crippen MR) is 69.7 cm³/mol. The molecule has 4 heteroatoms. The number of halogens is 2. The molecule has 3 rings (SSSR count). The Balaban J connectivity index is 2.12. The molecule has 0 amide bonds. The fourth-order valence-electron chi connectivity index (χ4n) is 2.57. The molecule has 1 heterocycles. The molecular formula is C14H14ClFN2. The normalized spacial score (nSPS) is 14.6. The summed E-state index contributed by atoms with van der Waals surface area (Å²) in [5.74, 6) is 0.0587. The maximum Gasteiger partial charge on any atom is 0.123 e. The zero-order valence-corrected chi connectivity index (χ0v) is 10.8. The average molecular weight is 265 g/mol. The lowest BCUT2D eigenvalue weighted by molar-refractivity contribution is 0.624. The van der Waals surface area contributed by atoms with Gasteiger partial charge in [0.15, 0.2) is 0 Å². The second kappa shape index (κ2) is 4.73. The summed E-state index contributed by atoms with van der Waals surface area (Å²) in [5.41, 5.74) is 4.18. The van der Waals surface area contributed by atoms with Crippen LogP contribution in [-0.2, 0) is 18.7 Å². The fourth-order valence-corrected chi connectivity index (χ4v) is 2.79. The topological polar surface area (TPSA) is 17.8 Å². The molecule has 0 N–H and O–H groups in total. The van der Waals surface area contributed by atoms with Crippen LogP contribution in [-0.4, -0.2) is 9.55 Å². The number of nitrogens with zero attached hydrogens (tertiary/aromatic N) is 2. The number of imidazole rings is 1. The molecule has 0 aliphatic heterocycles. The van der Waals surface area contributed by atoms with Crippen LogP contribution in [0.1, 0.15) is 29.8 Å². The van der Waals surface area contributed by atoms with Crippen LogP contribution in [0.5, 0.6) is 0 Å². The predicted octanol–water partition coefficient (Wildman–Crippen LogP) is 3.63. The van der Waals surface area contributed by atoms with Crippen LogP contribution in [0.4, 0.5) is 4.39 Å². The van der Waals surface area contributed by atoms with Crippen LogP contribution < -0.4 is 0 Å². The number of aryl methyl sites for hydroxylation is 1. The van der Waals surface area contributed by atoms with Crippen LogP contribution in [0.3, 0.4) is 0 Å². The van der Waals surface area contributed by atoms with Gasteiger partial charge in [0.05, 0.1) is 17.7 Å². The van der Waals surface area contributed by atoms with Crippen molar-refractivity contribution in [2.45, 2.75) is 31.6 Å². The minimum Gasteiger partial charge on any atom is -0.303 e. The van der Waals surface area contributed by atoms with E-state index in [-0.39, 0.29) is 5.82 Å². The van der Waals surface area contributed by atoms with Crippen molar-refractivity contribution in [2.75, 3.05) is 0 Å². The summed E-state index contributed by atoms with van der Waals surface area (Å²) in [6.07, 6.45) is 6.30. The van der Waals surface area contributed by atoms with Gasteiger partial charge in [-0.3, -0.25) is 0 Å². The smallest absolute Gasteiger partial charge is 0.123 e. The van der Waals surface area contributed by atoms with Gasteiger partial charge >= 0.3 is 0 Å². The van der Waals surface area contributed by atoms with E-state index in [0.29, 0.717) is 5.88 Å². The van der Waals surface area contributed by atoms with Gasteiger partial charge in [-0.25, -0.2) is 9.37 Å². The molecule has 0 spiro atoms. The lowest BCUT2D eigenvalue weighted by Crippen LogP contribution is -2.08. The Morgan fingerprint density at radius 2 is 2.11 bits per heavy atom. The third-order valence-corrected chi connectivity index (χ3v) is 3.76. The Bertz CT molecular complexity index is 577. The zero-order chi connectivity index (χ0) is 12.5. The zero-order valence-electron chi connectivity index (χ0n) is 10.00. The molecule has 18 heavy (non-hydrogen) atoms. The van der Waals surface area contributed by atoms with Crippen molar-refractivity contribution in [3.05, 3.63) is 47.3 Å². The molecule has 1 aliphatic carbocycles. The largest absolute Gasteiger partial charge is 0.303 e. The second-order valence-corrected chi connectivity index (χ2v) is 4.89. The molecule has 0 atom stereocenters. The van der Waals surface area contributed by atoms with Crippen molar-refractivity contribution in [1.82, 2.24) is 9.55 Å². The Morgan fingerprint density at radius 1 is 1.28 bits per heavy atom. The lowest BCUT2D eigenvalue weighted by atomic mass is 10.0. The van der Waals surface area contributed by atoms with Gasteiger partial charge in [0.25, 0.3) is 0 Å². The molecule has 1 aromatic carbocycles. The molecule has 0 unspecified atom stereocenters. The van der Waals surface area contributed by atoms with Gasteiger partial charge in [0.2, 0.25) is 0 Å². The SMILES string of the molecule is Fc1ccc(-n2cnc3c2CCCC3)c(CCl)c1. The van der Waals surface area contributed by atoms with E-state index in [4.69, 9.17) is 11.6 Å². The second-order valence-electron chi connectivity index (χ2n) is 4.62. The summed E-state index contributed by atoms with van der Waals surface area (Å²) in [7, 11) is 0. The number of hydrogen-bond acceptors (Lipinski definition) is 1. The van der Waals surface area contributed by atoms with Gasteiger partial charge < -0.3 is 4.57 Å². The van der Waals surface area contributed by atoms with Crippen molar-refractivity contribution in [3.63, 3.8) is 0 Å². The molecule has 0 bridgehead atoms. The van der Waals surface area contributed by atoms with Crippen molar-refractivity contribution >= 4 is 11.6 Å². The van der Waals surface area contributed by atoms with Crippen molar-refractivity contribution in [3.8, 4) is 5.69 Å². The maximum atomic E-state index is 13.2. The van der Waals surface area contributed by atoms with E-state index in [1.165, 1.54) is 36.4 Å². The van der Waals surface area contributed by atoms with E-state index >= 15 is 0 Å². The lowest BCUT2D eigenvalue weighted by Gasteiger charge is -2.16. The van der Waals surface area contributed by atoms with Crippen LogP contribution in [0.15, 0.2) is 24.5 Å². The highest BCUT2D eigenvalue weighted by Crippen LogP contribution is 2.26. The maximum absolute atomic E-state index is 13.2. The number of aromatic nitrogens is 2. The Morgan fingerprint density at radius 3 is 2.94 bits per heavy atom. The van der Waals surface area contributed by atoms with E-state index in [2.05, 4.69) is 9.55 Å². The molecule has 0 radical (unpaired) electrons. The monoisotopic (exact) mass is 264 g/mol. The first kappa shape index (κ1) is 11.7. The van der Waals surface area contributed by atoms with Crippen LogP contribution in [0.2, 0.25) is 0 Å². The molecule has 1 aliphatic rings. The van der Waals surface area contributed by atoms with E-state index in [0.717, 1.165) is 24.1 Å². The summed E-state index contributed by atoms with van der Waals surface area (Å²) in [6.45, 7) is 0. The van der Waals surface area contributed by atoms with E-state index in [1.54, 1.807) is 6.07 Å². The van der Waals surface area contributed by atoms with Gasteiger partial charge in [-0.05, 0) is 49.4 Å². The summed E-state index contributed by atoms with van der Waals surface area (Å²) in [4.78, 5) is 4.46. The highest BCUT2D eigenvalue weighted by atomic mass is 35.5. The van der Waals surface area contributed by atoms with Crippen LogP contribution in [0.25, 0.3) is 5.69 Å². The summed E-state index contributed by atoms with van der Waals surface area (Å²) >= 11 is 5.90. The number of fused-ring (bicyclic) bond motifs is 1. The summed E-state index contributed by atoms with van der Waals surface area (Å²) in [5, 5.41) is 0. The first-order chi connectivity index (χ1) is 8.79. The minimum atomic E-state index is -0.247. The third-order valence-electron chi connectivity index (χ3n) is 3.48. The standard InChI is InChI=1S/C14H14ClFN2/c15-8-10-7-11(16)5-6-13(10)18-9-17-12-3-1-2-4-14(12)18/h5-7,9H,1-4,8H2. The Kier molecular flexibility index (Phi) is 3.08. The number of hydrogen-bond donors (Lipinski definition) is 0. The number of alkyl halides is 1. The average Bonchev–Trinajstić information content (AvgIpc) is 2.82. The summed E-state index contributed by atoms with van der Waals surface area (Å²) < 4.78 is 15.3. The quantitative estimate of drug-likeness (QED) is 0.758. The third kappa shape index (κ3) is 1.93. The van der Waals surface area contributed by atoms with E-state index < -0.39 is 0 Å².